The number of rotatable bonds is 9. The second-order valence-electron chi connectivity index (χ2n) is 9.10. The van der Waals surface area contributed by atoms with Crippen LogP contribution in [0.4, 0.5) is 4.79 Å². The molecule has 7 nitrogen and oxygen atoms in total. The van der Waals surface area contributed by atoms with E-state index in [0.717, 1.165) is 51.5 Å². The van der Waals surface area contributed by atoms with E-state index in [0.29, 0.717) is 12.5 Å². The van der Waals surface area contributed by atoms with Crippen molar-refractivity contribution < 1.29 is 9.53 Å². The number of nitrogens with zero attached hydrogens (tertiary/aromatic N) is 3. The molecule has 0 spiro atoms. The van der Waals surface area contributed by atoms with Crippen molar-refractivity contribution in [1.82, 2.24) is 20.4 Å². The average molecular weight is 412 g/mol. The van der Waals surface area contributed by atoms with Crippen LogP contribution in [0.2, 0.25) is 0 Å². The van der Waals surface area contributed by atoms with Gasteiger partial charge < -0.3 is 25.2 Å². The van der Waals surface area contributed by atoms with Crippen molar-refractivity contribution >= 4 is 12.1 Å². The fourth-order valence-corrected chi connectivity index (χ4v) is 3.84. The van der Waals surface area contributed by atoms with E-state index < -0.39 is 5.60 Å². The van der Waals surface area contributed by atoms with Gasteiger partial charge in [-0.1, -0.05) is 27.7 Å². The highest BCUT2D eigenvalue weighted by Crippen LogP contribution is 2.19. The Morgan fingerprint density at radius 1 is 1.17 bits per heavy atom. The highest BCUT2D eigenvalue weighted by Gasteiger charge is 2.32. The van der Waals surface area contributed by atoms with E-state index in [4.69, 9.17) is 4.74 Å². The number of carbonyl (C=O) groups is 1. The lowest BCUT2D eigenvalue weighted by Gasteiger charge is -2.35. The van der Waals surface area contributed by atoms with Crippen LogP contribution >= 0.6 is 0 Å². The van der Waals surface area contributed by atoms with Gasteiger partial charge in [0.15, 0.2) is 5.96 Å². The Labute approximate surface area is 178 Å². The molecule has 1 unspecified atom stereocenters. The summed E-state index contributed by atoms with van der Waals surface area (Å²) in [6.07, 6.45) is 2.47. The number of hydrogen-bond donors (Lipinski definition) is 2. The van der Waals surface area contributed by atoms with E-state index in [1.165, 1.54) is 6.42 Å². The lowest BCUT2D eigenvalue weighted by molar-refractivity contribution is 0.0448. The maximum Gasteiger partial charge on any atom is 0.408 e. The van der Waals surface area contributed by atoms with Crippen LogP contribution in [-0.2, 0) is 4.74 Å². The number of hydrogen-bond acceptors (Lipinski definition) is 4. The summed E-state index contributed by atoms with van der Waals surface area (Å²) in [5.74, 6) is 1.60. The minimum absolute atomic E-state index is 0.362. The Morgan fingerprint density at radius 2 is 1.79 bits per heavy atom. The zero-order valence-corrected chi connectivity index (χ0v) is 20.1. The standard InChI is InChI=1S/C22H45N5O2/c1-9-22(10-2,25-20(28)29-21(5,6)7)17-24-19(23-8)27-14-13-18(16-27)15-26(11-3)12-4/h18H,9-17H2,1-8H3,(H,23,24)(H,25,28). The normalized spacial score (nSPS) is 18.3. The van der Waals surface area contributed by atoms with E-state index in [9.17, 15) is 4.79 Å². The Kier molecular flexibility index (Phi) is 10.2. The molecule has 29 heavy (non-hydrogen) atoms. The fourth-order valence-electron chi connectivity index (χ4n) is 3.84. The number of guanidine groups is 1. The molecule has 0 bridgehead atoms. The Hall–Kier alpha value is -1.50. The molecule has 0 radical (unpaired) electrons. The zero-order chi connectivity index (χ0) is 22.1. The largest absolute Gasteiger partial charge is 0.444 e. The third-order valence-corrected chi connectivity index (χ3v) is 5.91. The van der Waals surface area contributed by atoms with Crippen molar-refractivity contribution in [3.63, 3.8) is 0 Å². The molecule has 0 aromatic heterocycles. The molecule has 170 valence electrons. The summed E-state index contributed by atoms with van der Waals surface area (Å²) in [4.78, 5) is 21.7. The number of nitrogens with one attached hydrogen (secondary N) is 2. The van der Waals surface area contributed by atoms with E-state index >= 15 is 0 Å². The summed E-state index contributed by atoms with van der Waals surface area (Å²) in [7, 11) is 1.83. The average Bonchev–Trinajstić information content (AvgIpc) is 3.12. The second kappa shape index (κ2) is 11.6. The number of carbonyl (C=O) groups excluding carboxylic acids is 1. The van der Waals surface area contributed by atoms with Gasteiger partial charge in [0.25, 0.3) is 0 Å². The maximum atomic E-state index is 12.4. The van der Waals surface area contributed by atoms with Gasteiger partial charge in [0.2, 0.25) is 0 Å². The molecule has 0 aliphatic carbocycles. The molecule has 0 aromatic rings. The zero-order valence-electron chi connectivity index (χ0n) is 20.1. The lowest BCUT2D eigenvalue weighted by atomic mass is 9.93. The van der Waals surface area contributed by atoms with E-state index in [1.54, 1.807) is 0 Å². The molecule has 0 aromatic carbocycles. The first-order chi connectivity index (χ1) is 13.6. The predicted octanol–water partition coefficient (Wildman–Crippen LogP) is 3.31. The number of ether oxygens (including phenoxy) is 1. The van der Waals surface area contributed by atoms with Crippen LogP contribution in [0.25, 0.3) is 0 Å². The lowest BCUT2D eigenvalue weighted by Crippen LogP contribution is -2.57. The third kappa shape index (κ3) is 8.41. The van der Waals surface area contributed by atoms with E-state index in [2.05, 4.69) is 53.1 Å². The first-order valence-electron chi connectivity index (χ1n) is 11.3. The Balaban J connectivity index is 2.67. The summed E-state index contributed by atoms with van der Waals surface area (Å²) < 4.78 is 5.48. The van der Waals surface area contributed by atoms with Gasteiger partial charge >= 0.3 is 6.09 Å². The molecule has 1 fully saturated rings. The molecule has 1 amide bonds. The van der Waals surface area contributed by atoms with Crippen molar-refractivity contribution in [2.45, 2.75) is 78.9 Å². The molecule has 1 rings (SSSR count). The molecule has 2 N–H and O–H groups in total. The number of alkyl carbamates (subject to hydrolysis) is 1. The molecule has 1 atom stereocenters. The van der Waals surface area contributed by atoms with Gasteiger partial charge in [-0.25, -0.2) is 4.79 Å². The van der Waals surface area contributed by atoms with Crippen LogP contribution in [0.15, 0.2) is 4.99 Å². The first kappa shape index (κ1) is 25.5. The summed E-state index contributed by atoms with van der Waals surface area (Å²) in [5, 5.41) is 6.62. The van der Waals surface area contributed by atoms with Crippen molar-refractivity contribution in [1.29, 1.82) is 0 Å². The van der Waals surface area contributed by atoms with Crippen molar-refractivity contribution in [2.24, 2.45) is 10.9 Å². The van der Waals surface area contributed by atoms with Crippen LogP contribution in [0, 0.1) is 5.92 Å². The van der Waals surface area contributed by atoms with Gasteiger partial charge in [0.1, 0.15) is 5.60 Å². The molecular weight excluding hydrogens is 366 g/mol. The molecule has 1 heterocycles. The minimum Gasteiger partial charge on any atom is -0.444 e. The van der Waals surface area contributed by atoms with Gasteiger partial charge in [-0.3, -0.25) is 4.99 Å². The van der Waals surface area contributed by atoms with Gasteiger partial charge in [0, 0.05) is 33.2 Å². The summed E-state index contributed by atoms with van der Waals surface area (Å²) >= 11 is 0. The smallest absolute Gasteiger partial charge is 0.408 e. The van der Waals surface area contributed by atoms with Crippen LogP contribution in [0.1, 0.15) is 67.7 Å². The highest BCUT2D eigenvalue weighted by atomic mass is 16.6. The monoisotopic (exact) mass is 411 g/mol. The topological polar surface area (TPSA) is 69.2 Å². The second-order valence-corrected chi connectivity index (χ2v) is 9.10. The van der Waals surface area contributed by atoms with Crippen molar-refractivity contribution in [3.05, 3.63) is 0 Å². The van der Waals surface area contributed by atoms with Crippen LogP contribution in [-0.4, -0.2) is 79.3 Å². The van der Waals surface area contributed by atoms with E-state index in [-0.39, 0.29) is 11.6 Å². The molecule has 1 saturated heterocycles. The minimum atomic E-state index is -0.504. The van der Waals surface area contributed by atoms with Gasteiger partial charge in [-0.15, -0.1) is 0 Å². The van der Waals surface area contributed by atoms with Crippen molar-refractivity contribution in [2.75, 3.05) is 46.3 Å². The fraction of sp³-hybridized carbons (Fsp3) is 0.909. The third-order valence-electron chi connectivity index (χ3n) is 5.91. The molecule has 0 saturated carbocycles. The van der Waals surface area contributed by atoms with E-state index in [1.807, 2.05) is 27.8 Å². The molecular formula is C22H45N5O2. The SMILES string of the molecule is CCN(CC)CC1CCN(C(=NC)NCC(CC)(CC)NC(=O)OC(C)(C)C)C1. The Morgan fingerprint density at radius 3 is 2.28 bits per heavy atom. The molecule has 1 aliphatic rings. The van der Waals surface area contributed by atoms with Crippen LogP contribution < -0.4 is 10.6 Å². The van der Waals surface area contributed by atoms with Gasteiger partial charge in [-0.2, -0.15) is 0 Å². The molecule has 1 aliphatic heterocycles. The summed E-state index contributed by atoms with van der Waals surface area (Å²) in [6, 6.07) is 0. The quantitative estimate of drug-likeness (QED) is 0.450. The van der Waals surface area contributed by atoms with Crippen LogP contribution in [0.5, 0.6) is 0 Å². The Bertz CT molecular complexity index is 522. The summed E-state index contributed by atoms with van der Waals surface area (Å²) in [6.45, 7) is 20.3. The van der Waals surface area contributed by atoms with Gasteiger partial charge in [0.05, 0.1) is 5.54 Å². The number of aliphatic imine (C=N–C) groups is 1. The summed E-state index contributed by atoms with van der Waals surface area (Å²) in [5.41, 5.74) is -0.866. The predicted molar refractivity (Wildman–Crippen MR) is 122 cm³/mol. The van der Waals surface area contributed by atoms with Gasteiger partial charge in [-0.05, 0) is 59.0 Å². The number of amides is 1. The number of likely N-dealkylation sites (tertiary alicyclic amines) is 1. The van der Waals surface area contributed by atoms with Crippen LogP contribution in [0.3, 0.4) is 0 Å². The highest BCUT2D eigenvalue weighted by molar-refractivity contribution is 5.80. The van der Waals surface area contributed by atoms with Crippen molar-refractivity contribution in [3.8, 4) is 0 Å². The first-order valence-corrected chi connectivity index (χ1v) is 11.3. The molecule has 7 heteroatoms. The maximum absolute atomic E-state index is 12.4.